The van der Waals surface area contributed by atoms with E-state index in [-0.39, 0.29) is 0 Å². The zero-order chi connectivity index (χ0) is 14.5. The fraction of sp³-hybridized carbons (Fsp3) is 0.250. The Balaban J connectivity index is 2.05. The van der Waals surface area contributed by atoms with Gasteiger partial charge in [-0.3, -0.25) is 0 Å². The third-order valence-electron chi connectivity index (χ3n) is 3.18. The normalized spacial score (nSPS) is 10.7. The highest BCUT2D eigenvalue weighted by molar-refractivity contribution is 6.58. The molecule has 0 atom stereocenters. The lowest BCUT2D eigenvalue weighted by Crippen LogP contribution is -2.29. The molecule has 2 aromatic rings. The predicted molar refractivity (Wildman–Crippen MR) is 81.1 cm³/mol. The topological polar surface area (TPSA) is 49.7 Å². The van der Waals surface area contributed by atoms with Gasteiger partial charge in [-0.1, -0.05) is 50.2 Å². The van der Waals surface area contributed by atoms with Gasteiger partial charge in [-0.2, -0.15) is 0 Å². The molecule has 2 aromatic carbocycles. The molecule has 2 rings (SSSR count). The van der Waals surface area contributed by atoms with E-state index in [4.69, 9.17) is 14.8 Å². The van der Waals surface area contributed by atoms with Crippen LogP contribution in [0, 0.1) is 0 Å². The van der Waals surface area contributed by atoms with Crippen molar-refractivity contribution in [2.45, 2.75) is 26.4 Å². The molecule has 0 aliphatic carbocycles. The van der Waals surface area contributed by atoms with Crippen LogP contribution in [0.25, 0.3) is 0 Å². The van der Waals surface area contributed by atoms with Crippen LogP contribution in [0.15, 0.2) is 48.5 Å². The van der Waals surface area contributed by atoms with E-state index in [1.54, 1.807) is 18.2 Å². The maximum Gasteiger partial charge on any atom is 0.488 e. The van der Waals surface area contributed by atoms with Gasteiger partial charge in [0.2, 0.25) is 0 Å². The van der Waals surface area contributed by atoms with Gasteiger partial charge in [0.25, 0.3) is 0 Å². The summed E-state index contributed by atoms with van der Waals surface area (Å²) >= 11 is 0. The van der Waals surface area contributed by atoms with Crippen LogP contribution in [-0.2, 0) is 6.61 Å². The quantitative estimate of drug-likeness (QED) is 0.818. The Morgan fingerprint density at radius 3 is 2.50 bits per heavy atom. The van der Waals surface area contributed by atoms with Crippen molar-refractivity contribution in [2.24, 2.45) is 0 Å². The molecule has 0 radical (unpaired) electrons. The molecule has 20 heavy (non-hydrogen) atoms. The Bertz CT molecular complexity index is 516. The molecule has 0 amide bonds. The van der Waals surface area contributed by atoms with Crippen molar-refractivity contribution in [2.75, 3.05) is 0 Å². The van der Waals surface area contributed by atoms with Crippen LogP contribution in [0.4, 0.5) is 0 Å². The molecular formula is C16H19BO3. The first-order chi connectivity index (χ1) is 9.56. The van der Waals surface area contributed by atoms with Crippen molar-refractivity contribution in [3.8, 4) is 5.75 Å². The van der Waals surface area contributed by atoms with E-state index < -0.39 is 7.12 Å². The second-order valence-electron chi connectivity index (χ2n) is 5.13. The van der Waals surface area contributed by atoms with Gasteiger partial charge in [-0.05, 0) is 34.6 Å². The predicted octanol–water partition coefficient (Wildman–Crippen LogP) is 2.07. The Labute approximate surface area is 120 Å². The molecule has 0 saturated carbocycles. The summed E-state index contributed by atoms with van der Waals surface area (Å²) in [5, 5.41) is 18.3. The monoisotopic (exact) mass is 270 g/mol. The van der Waals surface area contributed by atoms with Crippen molar-refractivity contribution >= 4 is 12.6 Å². The first kappa shape index (κ1) is 14.6. The van der Waals surface area contributed by atoms with Crippen LogP contribution in [0.1, 0.15) is 30.9 Å². The molecular weight excluding hydrogens is 251 g/mol. The Morgan fingerprint density at radius 2 is 1.80 bits per heavy atom. The summed E-state index contributed by atoms with van der Waals surface area (Å²) in [6, 6.07) is 15.1. The van der Waals surface area contributed by atoms with Crippen LogP contribution >= 0.6 is 0 Å². The molecule has 104 valence electrons. The summed E-state index contributed by atoms with van der Waals surface area (Å²) in [6.07, 6.45) is 0. The minimum absolute atomic E-state index is 0.405. The molecule has 0 saturated heterocycles. The maximum absolute atomic E-state index is 9.15. The van der Waals surface area contributed by atoms with E-state index in [1.165, 1.54) is 5.56 Å². The Kier molecular flexibility index (Phi) is 4.82. The first-order valence-electron chi connectivity index (χ1n) is 6.74. The van der Waals surface area contributed by atoms with Crippen molar-refractivity contribution in [1.82, 2.24) is 0 Å². The van der Waals surface area contributed by atoms with Crippen molar-refractivity contribution < 1.29 is 14.8 Å². The van der Waals surface area contributed by atoms with Gasteiger partial charge in [0, 0.05) is 0 Å². The highest BCUT2D eigenvalue weighted by Gasteiger charge is 2.10. The summed E-state index contributed by atoms with van der Waals surface area (Å²) in [5.74, 6) is 1.29. The molecule has 0 aliphatic rings. The largest absolute Gasteiger partial charge is 0.489 e. The van der Waals surface area contributed by atoms with Crippen LogP contribution in [0.5, 0.6) is 5.75 Å². The molecule has 0 aliphatic heterocycles. The molecule has 0 fully saturated rings. The number of hydrogen-bond donors (Lipinski definition) is 2. The zero-order valence-corrected chi connectivity index (χ0v) is 11.8. The van der Waals surface area contributed by atoms with Gasteiger partial charge in [0.1, 0.15) is 12.4 Å². The van der Waals surface area contributed by atoms with Gasteiger partial charge in [0.15, 0.2) is 0 Å². The first-order valence-corrected chi connectivity index (χ1v) is 6.74. The molecule has 0 heterocycles. The van der Waals surface area contributed by atoms with E-state index in [2.05, 4.69) is 19.9 Å². The maximum atomic E-state index is 9.15. The summed E-state index contributed by atoms with van der Waals surface area (Å²) in [5.41, 5.74) is 2.62. The third kappa shape index (κ3) is 3.86. The van der Waals surface area contributed by atoms with Crippen LogP contribution in [0.2, 0.25) is 0 Å². The van der Waals surface area contributed by atoms with E-state index >= 15 is 0 Å². The second-order valence-corrected chi connectivity index (χ2v) is 5.13. The molecule has 3 nitrogen and oxygen atoms in total. The van der Waals surface area contributed by atoms with Gasteiger partial charge in [-0.25, -0.2) is 0 Å². The van der Waals surface area contributed by atoms with Crippen LogP contribution in [0.3, 0.4) is 0 Å². The summed E-state index contributed by atoms with van der Waals surface area (Å²) in [6.45, 7) is 4.69. The average molecular weight is 270 g/mol. The van der Waals surface area contributed by atoms with E-state index in [0.29, 0.717) is 18.0 Å². The summed E-state index contributed by atoms with van der Waals surface area (Å²) in [4.78, 5) is 0. The smallest absolute Gasteiger partial charge is 0.488 e. The summed E-state index contributed by atoms with van der Waals surface area (Å²) < 4.78 is 5.75. The lowest BCUT2D eigenvalue weighted by atomic mass is 9.80. The van der Waals surface area contributed by atoms with Gasteiger partial charge in [-0.15, -0.1) is 0 Å². The number of rotatable bonds is 5. The Hall–Kier alpha value is -1.78. The van der Waals surface area contributed by atoms with E-state index in [0.717, 1.165) is 11.3 Å². The number of hydrogen-bond acceptors (Lipinski definition) is 3. The van der Waals surface area contributed by atoms with Crippen molar-refractivity contribution in [3.63, 3.8) is 0 Å². The number of ether oxygens (including phenoxy) is 1. The third-order valence-corrected chi connectivity index (χ3v) is 3.18. The highest BCUT2D eigenvalue weighted by Crippen LogP contribution is 2.20. The lowest BCUT2D eigenvalue weighted by molar-refractivity contribution is 0.306. The van der Waals surface area contributed by atoms with Crippen LogP contribution in [-0.4, -0.2) is 17.2 Å². The highest BCUT2D eigenvalue weighted by atomic mass is 16.5. The molecule has 0 bridgehead atoms. The van der Waals surface area contributed by atoms with Gasteiger partial charge < -0.3 is 14.8 Å². The fourth-order valence-corrected chi connectivity index (χ4v) is 1.97. The minimum Gasteiger partial charge on any atom is -0.489 e. The number of benzene rings is 2. The standard InChI is InChI=1S/C16H19BO3/c1-12(2)14-6-4-8-16(10-14)20-11-13-5-3-7-15(9-13)17(18)19/h3-10,12,18-19H,11H2,1-2H3. The fourth-order valence-electron chi connectivity index (χ4n) is 1.97. The zero-order valence-electron chi connectivity index (χ0n) is 11.8. The lowest BCUT2D eigenvalue weighted by Gasteiger charge is -2.10. The van der Waals surface area contributed by atoms with Crippen LogP contribution < -0.4 is 10.2 Å². The summed E-state index contributed by atoms with van der Waals surface area (Å²) in [7, 11) is -1.45. The molecule has 2 N–H and O–H groups in total. The molecule has 0 unspecified atom stereocenters. The second kappa shape index (κ2) is 6.59. The van der Waals surface area contributed by atoms with E-state index in [1.807, 2.05) is 24.3 Å². The molecule has 0 spiro atoms. The van der Waals surface area contributed by atoms with Gasteiger partial charge >= 0.3 is 7.12 Å². The molecule has 0 aromatic heterocycles. The van der Waals surface area contributed by atoms with Crippen molar-refractivity contribution in [1.29, 1.82) is 0 Å². The Morgan fingerprint density at radius 1 is 1.05 bits per heavy atom. The van der Waals surface area contributed by atoms with Gasteiger partial charge in [0.05, 0.1) is 0 Å². The van der Waals surface area contributed by atoms with Crippen molar-refractivity contribution in [3.05, 3.63) is 59.7 Å². The average Bonchev–Trinajstić information content (AvgIpc) is 2.45. The molecule has 4 heteroatoms. The van der Waals surface area contributed by atoms with E-state index in [9.17, 15) is 0 Å². The minimum atomic E-state index is -1.45. The SMILES string of the molecule is CC(C)c1cccc(OCc2cccc(B(O)O)c2)c1.